The van der Waals surface area contributed by atoms with Gasteiger partial charge in [-0.15, -0.1) is 0 Å². The lowest BCUT2D eigenvalue weighted by atomic mass is 9.77. The highest BCUT2D eigenvalue weighted by Gasteiger charge is 2.68. The van der Waals surface area contributed by atoms with Gasteiger partial charge in [0, 0.05) is 7.05 Å². The first-order chi connectivity index (χ1) is 11.5. The Kier molecular flexibility index (Phi) is 4.21. The van der Waals surface area contributed by atoms with Gasteiger partial charge in [0.25, 0.3) is 0 Å². The number of fused-ring (bicyclic) bond motifs is 1. The Morgan fingerprint density at radius 1 is 1.38 bits per heavy atom. The summed E-state index contributed by atoms with van der Waals surface area (Å²) in [6, 6.07) is 2.95. The molecule has 0 aliphatic carbocycles. The van der Waals surface area contributed by atoms with E-state index >= 15 is 0 Å². The molecule has 0 radical (unpaired) electrons. The van der Waals surface area contributed by atoms with Gasteiger partial charge in [0.05, 0.1) is 30.7 Å². The number of ether oxygens (including phenoxy) is 1. The van der Waals surface area contributed by atoms with E-state index in [1.807, 2.05) is 6.92 Å². The Balaban J connectivity index is 2.10. The van der Waals surface area contributed by atoms with Crippen molar-refractivity contribution in [2.24, 2.45) is 11.8 Å². The number of nitrogens with zero attached hydrogens (tertiary/aromatic N) is 1. The minimum absolute atomic E-state index is 0.215. The lowest BCUT2D eigenvalue weighted by Gasteiger charge is -2.32. The SMILES string of the molecule is CCC[C@@]1(C(=O)OCC)N[C@@H](c2ccco2)[C@H]2C(=O)N(C)C(=O)[C@@H]21. The van der Waals surface area contributed by atoms with Gasteiger partial charge in [0.1, 0.15) is 11.3 Å². The Labute approximate surface area is 140 Å². The number of carbonyl (C=O) groups is 3. The molecule has 7 nitrogen and oxygen atoms in total. The predicted octanol–water partition coefficient (Wildman–Crippen LogP) is 1.26. The second kappa shape index (κ2) is 6.05. The molecule has 24 heavy (non-hydrogen) atoms. The van der Waals surface area contributed by atoms with Gasteiger partial charge in [-0.05, 0) is 25.5 Å². The fraction of sp³-hybridized carbons (Fsp3) is 0.588. The zero-order valence-corrected chi connectivity index (χ0v) is 14.1. The van der Waals surface area contributed by atoms with Crippen LogP contribution in [0.4, 0.5) is 0 Å². The summed E-state index contributed by atoms with van der Waals surface area (Å²) in [5.74, 6) is -2.00. The van der Waals surface area contributed by atoms with Crippen molar-refractivity contribution in [3.8, 4) is 0 Å². The van der Waals surface area contributed by atoms with Crippen LogP contribution in [0.2, 0.25) is 0 Å². The van der Waals surface area contributed by atoms with Crippen molar-refractivity contribution >= 4 is 17.8 Å². The van der Waals surface area contributed by atoms with Crippen LogP contribution in [-0.2, 0) is 19.1 Å². The van der Waals surface area contributed by atoms with E-state index in [4.69, 9.17) is 9.15 Å². The summed E-state index contributed by atoms with van der Waals surface area (Å²) >= 11 is 0. The second-order valence-electron chi connectivity index (χ2n) is 6.32. The second-order valence-corrected chi connectivity index (χ2v) is 6.32. The zero-order valence-electron chi connectivity index (χ0n) is 14.1. The summed E-state index contributed by atoms with van der Waals surface area (Å²) in [6.07, 6.45) is 2.60. The maximum atomic E-state index is 12.8. The molecular weight excluding hydrogens is 312 g/mol. The standard InChI is InChI=1S/C17H22N2O5/c1-4-8-17(16(22)23-5-2)12-11(14(20)19(3)15(12)21)13(18-17)10-7-6-9-24-10/h6-7,9,11-13,18H,4-5,8H2,1-3H3/t11-,12+,13-,17+/m0/s1. The van der Waals surface area contributed by atoms with E-state index in [2.05, 4.69) is 5.32 Å². The molecular formula is C17H22N2O5. The molecule has 1 N–H and O–H groups in total. The summed E-state index contributed by atoms with van der Waals surface area (Å²) in [4.78, 5) is 39.3. The van der Waals surface area contributed by atoms with Gasteiger partial charge in [-0.1, -0.05) is 13.3 Å². The first kappa shape index (κ1) is 16.7. The number of nitrogens with one attached hydrogen (secondary N) is 1. The van der Waals surface area contributed by atoms with Crippen LogP contribution >= 0.6 is 0 Å². The highest BCUT2D eigenvalue weighted by atomic mass is 16.5. The number of hydrogen-bond donors (Lipinski definition) is 1. The van der Waals surface area contributed by atoms with Crippen molar-refractivity contribution in [3.63, 3.8) is 0 Å². The average molecular weight is 334 g/mol. The summed E-state index contributed by atoms with van der Waals surface area (Å²) < 4.78 is 10.7. The molecule has 0 unspecified atom stereocenters. The van der Waals surface area contributed by atoms with Crippen LogP contribution in [0.3, 0.4) is 0 Å². The van der Waals surface area contributed by atoms with Crippen LogP contribution in [0, 0.1) is 11.8 Å². The molecule has 0 aromatic carbocycles. The number of carbonyl (C=O) groups excluding carboxylic acids is 3. The maximum Gasteiger partial charge on any atom is 0.327 e. The average Bonchev–Trinajstić information content (AvgIpc) is 3.23. The number of imide groups is 1. The summed E-state index contributed by atoms with van der Waals surface area (Å²) in [6.45, 7) is 3.87. The number of furan rings is 1. The number of rotatable bonds is 5. The Morgan fingerprint density at radius 3 is 2.71 bits per heavy atom. The van der Waals surface area contributed by atoms with Crippen LogP contribution < -0.4 is 5.32 Å². The van der Waals surface area contributed by atoms with Crippen LogP contribution in [0.15, 0.2) is 22.8 Å². The zero-order chi connectivity index (χ0) is 17.5. The molecule has 1 aromatic heterocycles. The predicted molar refractivity (Wildman–Crippen MR) is 83.6 cm³/mol. The minimum atomic E-state index is -1.20. The number of likely N-dealkylation sites (tertiary alicyclic amines) is 1. The van der Waals surface area contributed by atoms with Crippen molar-refractivity contribution < 1.29 is 23.5 Å². The van der Waals surface area contributed by atoms with E-state index in [0.717, 1.165) is 4.90 Å². The molecule has 1 aromatic rings. The number of esters is 1. The molecule has 2 amide bonds. The van der Waals surface area contributed by atoms with Gasteiger partial charge in [-0.2, -0.15) is 0 Å². The molecule has 2 fully saturated rings. The molecule has 0 spiro atoms. The first-order valence-corrected chi connectivity index (χ1v) is 8.27. The lowest BCUT2D eigenvalue weighted by Crippen LogP contribution is -2.56. The molecule has 0 saturated carbocycles. The third kappa shape index (κ3) is 2.18. The normalized spacial score (nSPS) is 32.3. The summed E-state index contributed by atoms with van der Waals surface area (Å²) in [7, 11) is 1.46. The third-order valence-corrected chi connectivity index (χ3v) is 5.01. The van der Waals surface area contributed by atoms with Gasteiger partial charge in [-0.25, -0.2) is 0 Å². The van der Waals surface area contributed by atoms with E-state index in [1.165, 1.54) is 13.3 Å². The Bertz CT molecular complexity index is 656. The quantitative estimate of drug-likeness (QED) is 0.644. The minimum Gasteiger partial charge on any atom is -0.468 e. The first-order valence-electron chi connectivity index (χ1n) is 8.27. The smallest absolute Gasteiger partial charge is 0.327 e. The topological polar surface area (TPSA) is 88.8 Å². The summed E-state index contributed by atoms with van der Waals surface area (Å²) in [5, 5.41) is 3.24. The van der Waals surface area contributed by atoms with Crippen molar-refractivity contribution in [1.29, 1.82) is 0 Å². The molecule has 7 heteroatoms. The molecule has 2 aliphatic rings. The van der Waals surface area contributed by atoms with Crippen LogP contribution in [-0.4, -0.2) is 41.9 Å². The van der Waals surface area contributed by atoms with Crippen LogP contribution in [0.25, 0.3) is 0 Å². The monoisotopic (exact) mass is 334 g/mol. The lowest BCUT2D eigenvalue weighted by molar-refractivity contribution is -0.156. The van der Waals surface area contributed by atoms with E-state index in [0.29, 0.717) is 18.6 Å². The van der Waals surface area contributed by atoms with Crippen LogP contribution in [0.5, 0.6) is 0 Å². The van der Waals surface area contributed by atoms with Gasteiger partial charge < -0.3 is 9.15 Å². The number of amides is 2. The molecule has 3 rings (SSSR count). The van der Waals surface area contributed by atoms with Crippen LogP contribution in [0.1, 0.15) is 38.5 Å². The molecule has 0 bridgehead atoms. The van der Waals surface area contributed by atoms with E-state index in [1.54, 1.807) is 19.1 Å². The fourth-order valence-corrected chi connectivity index (χ4v) is 4.03. The molecule has 3 heterocycles. The number of hydrogen-bond acceptors (Lipinski definition) is 6. The molecule has 2 aliphatic heterocycles. The highest BCUT2D eigenvalue weighted by molar-refractivity contribution is 6.09. The maximum absolute atomic E-state index is 12.8. The fourth-order valence-electron chi connectivity index (χ4n) is 4.03. The van der Waals surface area contributed by atoms with Crippen molar-refractivity contribution in [2.75, 3.05) is 13.7 Å². The van der Waals surface area contributed by atoms with Crippen molar-refractivity contribution in [3.05, 3.63) is 24.2 Å². The van der Waals surface area contributed by atoms with Crippen molar-refractivity contribution in [2.45, 2.75) is 38.3 Å². The van der Waals surface area contributed by atoms with E-state index < -0.39 is 29.4 Å². The van der Waals surface area contributed by atoms with Crippen molar-refractivity contribution in [1.82, 2.24) is 10.2 Å². The van der Waals surface area contributed by atoms with E-state index in [-0.39, 0.29) is 18.4 Å². The molecule has 130 valence electrons. The largest absolute Gasteiger partial charge is 0.468 e. The Morgan fingerprint density at radius 2 is 2.12 bits per heavy atom. The van der Waals surface area contributed by atoms with Gasteiger partial charge >= 0.3 is 5.97 Å². The van der Waals surface area contributed by atoms with Gasteiger partial charge in [0.2, 0.25) is 11.8 Å². The third-order valence-electron chi connectivity index (χ3n) is 5.01. The molecule has 4 atom stereocenters. The van der Waals surface area contributed by atoms with Gasteiger partial charge in [0.15, 0.2) is 0 Å². The Hall–Kier alpha value is -2.15. The highest BCUT2D eigenvalue weighted by Crippen LogP contribution is 2.50. The van der Waals surface area contributed by atoms with Gasteiger partial charge in [-0.3, -0.25) is 24.6 Å². The van der Waals surface area contributed by atoms with E-state index in [9.17, 15) is 14.4 Å². The molecule has 2 saturated heterocycles. The summed E-state index contributed by atoms with van der Waals surface area (Å²) in [5.41, 5.74) is -1.20.